The first-order valence-corrected chi connectivity index (χ1v) is 9.97. The van der Waals surface area contributed by atoms with Gasteiger partial charge in [-0.25, -0.2) is 9.18 Å². The summed E-state index contributed by atoms with van der Waals surface area (Å²) in [4.78, 5) is 11.5. The summed E-state index contributed by atoms with van der Waals surface area (Å²) in [6, 6.07) is 6.87. The van der Waals surface area contributed by atoms with Gasteiger partial charge in [0, 0.05) is 31.5 Å². The molecule has 28 heavy (non-hydrogen) atoms. The van der Waals surface area contributed by atoms with Gasteiger partial charge in [-0.1, -0.05) is 18.6 Å². The van der Waals surface area contributed by atoms with Gasteiger partial charge in [-0.05, 0) is 56.3 Å². The lowest BCUT2D eigenvalue weighted by Gasteiger charge is -2.22. The minimum Gasteiger partial charge on any atom is -0.476 e. The first-order valence-electron chi connectivity index (χ1n) is 9.97. The Labute approximate surface area is 164 Å². The molecule has 0 amide bonds. The van der Waals surface area contributed by atoms with Crippen LogP contribution >= 0.6 is 0 Å². The maximum absolute atomic E-state index is 12.9. The van der Waals surface area contributed by atoms with Gasteiger partial charge in [0.05, 0.1) is 6.04 Å². The van der Waals surface area contributed by atoms with Crippen molar-refractivity contribution < 1.29 is 19.0 Å². The summed E-state index contributed by atoms with van der Waals surface area (Å²) in [6.45, 7) is 2.71. The summed E-state index contributed by atoms with van der Waals surface area (Å²) in [5.41, 5.74) is 2.02. The third-order valence-corrected chi connectivity index (χ3v) is 5.12. The molecule has 0 aliphatic carbocycles. The fraction of sp³-hybridized carbons (Fsp3) is 0.524. The lowest BCUT2D eigenvalue weighted by molar-refractivity contribution is 0.0645. The topological polar surface area (TPSA) is 76.4 Å². The maximum Gasteiger partial charge on any atom is 0.356 e. The van der Waals surface area contributed by atoms with Gasteiger partial charge >= 0.3 is 5.97 Å². The van der Waals surface area contributed by atoms with E-state index in [-0.39, 0.29) is 17.6 Å². The van der Waals surface area contributed by atoms with Crippen LogP contribution in [-0.4, -0.2) is 40.6 Å². The molecule has 0 atom stereocenters. The average molecular weight is 389 g/mol. The van der Waals surface area contributed by atoms with Crippen LogP contribution < -0.4 is 5.32 Å². The third kappa shape index (κ3) is 5.87. The van der Waals surface area contributed by atoms with Crippen LogP contribution in [0.25, 0.3) is 0 Å². The molecule has 2 aromatic rings. The lowest BCUT2D eigenvalue weighted by atomic mass is 10.1. The van der Waals surface area contributed by atoms with E-state index in [0.29, 0.717) is 19.8 Å². The number of benzene rings is 1. The molecule has 1 saturated heterocycles. The van der Waals surface area contributed by atoms with E-state index in [9.17, 15) is 14.3 Å². The molecule has 3 rings (SSSR count). The highest BCUT2D eigenvalue weighted by Crippen LogP contribution is 2.22. The van der Waals surface area contributed by atoms with E-state index < -0.39 is 5.97 Å². The summed E-state index contributed by atoms with van der Waals surface area (Å²) >= 11 is 0. The van der Waals surface area contributed by atoms with E-state index >= 15 is 0 Å². The first kappa shape index (κ1) is 20.5. The fourth-order valence-corrected chi connectivity index (χ4v) is 3.51. The molecule has 0 saturated carbocycles. The second-order valence-corrected chi connectivity index (χ2v) is 7.25. The molecule has 1 aliphatic rings. The molecule has 7 heteroatoms. The number of hydrogen-bond donors (Lipinski definition) is 2. The van der Waals surface area contributed by atoms with E-state index in [1.54, 1.807) is 4.68 Å². The zero-order valence-electron chi connectivity index (χ0n) is 16.1. The van der Waals surface area contributed by atoms with Crippen LogP contribution in [0.5, 0.6) is 0 Å². The number of halogens is 1. The standard InChI is InChI=1S/C21H28FN3O3/c22-18-7-5-16(6-8-18)4-2-1-3-11-23-14-17-15-25(24-20(17)21(26)27)19-9-12-28-13-10-19/h5-8,15,19,23H,1-4,9-14H2,(H,26,27). The van der Waals surface area contributed by atoms with E-state index in [4.69, 9.17) is 4.74 Å². The molecular weight excluding hydrogens is 361 g/mol. The van der Waals surface area contributed by atoms with E-state index in [1.807, 2.05) is 18.3 Å². The Balaban J connectivity index is 1.39. The fourth-order valence-electron chi connectivity index (χ4n) is 3.51. The molecule has 1 aliphatic heterocycles. The van der Waals surface area contributed by atoms with Gasteiger partial charge in [0.15, 0.2) is 5.69 Å². The summed E-state index contributed by atoms with van der Waals surface area (Å²) in [5, 5.41) is 17.0. The second kappa shape index (κ2) is 10.3. The van der Waals surface area contributed by atoms with Crippen molar-refractivity contribution in [2.45, 2.75) is 51.1 Å². The predicted molar refractivity (Wildman–Crippen MR) is 104 cm³/mol. The van der Waals surface area contributed by atoms with Crippen LogP contribution in [0.15, 0.2) is 30.5 Å². The maximum atomic E-state index is 12.9. The second-order valence-electron chi connectivity index (χ2n) is 7.25. The predicted octanol–water partition coefficient (Wildman–Crippen LogP) is 3.57. The zero-order chi connectivity index (χ0) is 19.8. The molecule has 2 N–H and O–H groups in total. The van der Waals surface area contributed by atoms with Crippen LogP contribution in [0.1, 0.15) is 59.8 Å². The van der Waals surface area contributed by atoms with Gasteiger partial charge in [-0.15, -0.1) is 0 Å². The van der Waals surface area contributed by atoms with Crippen LogP contribution in [0, 0.1) is 5.82 Å². The van der Waals surface area contributed by atoms with Crippen molar-refractivity contribution >= 4 is 5.97 Å². The molecular formula is C21H28FN3O3. The summed E-state index contributed by atoms with van der Waals surface area (Å²) in [5.74, 6) is -1.18. The molecule has 6 nitrogen and oxygen atoms in total. The van der Waals surface area contributed by atoms with Crippen LogP contribution in [0.3, 0.4) is 0 Å². The molecule has 1 fully saturated rings. The molecule has 1 aromatic heterocycles. The molecule has 2 heterocycles. The summed E-state index contributed by atoms with van der Waals surface area (Å²) < 4.78 is 20.0. The summed E-state index contributed by atoms with van der Waals surface area (Å²) in [6.07, 6.45) is 7.66. The number of aromatic nitrogens is 2. The Hall–Kier alpha value is -2.25. The number of ether oxygens (including phenoxy) is 1. The number of carboxylic acid groups (broad SMARTS) is 1. The van der Waals surface area contributed by atoms with Crippen molar-refractivity contribution in [1.29, 1.82) is 0 Å². The number of rotatable bonds is 10. The molecule has 1 aromatic carbocycles. The molecule has 0 bridgehead atoms. The largest absolute Gasteiger partial charge is 0.476 e. The van der Waals surface area contributed by atoms with Crippen molar-refractivity contribution in [3.63, 3.8) is 0 Å². The van der Waals surface area contributed by atoms with E-state index in [1.165, 1.54) is 12.1 Å². The van der Waals surface area contributed by atoms with Crippen LogP contribution in [0.4, 0.5) is 4.39 Å². The van der Waals surface area contributed by atoms with Crippen molar-refractivity contribution in [3.8, 4) is 0 Å². The van der Waals surface area contributed by atoms with Crippen molar-refractivity contribution in [3.05, 3.63) is 53.1 Å². The van der Waals surface area contributed by atoms with Crippen molar-refractivity contribution in [2.75, 3.05) is 19.8 Å². The van der Waals surface area contributed by atoms with Gasteiger partial charge in [-0.2, -0.15) is 5.10 Å². The van der Waals surface area contributed by atoms with Gasteiger partial charge in [0.2, 0.25) is 0 Å². The average Bonchev–Trinajstić information content (AvgIpc) is 3.14. The van der Waals surface area contributed by atoms with Gasteiger partial charge in [-0.3, -0.25) is 4.68 Å². The Bertz CT molecular complexity index is 755. The van der Waals surface area contributed by atoms with Crippen LogP contribution in [0.2, 0.25) is 0 Å². The minimum absolute atomic E-state index is 0.135. The highest BCUT2D eigenvalue weighted by molar-refractivity contribution is 5.86. The Kier molecular flexibility index (Phi) is 7.56. The normalized spacial score (nSPS) is 15.0. The molecule has 152 valence electrons. The van der Waals surface area contributed by atoms with E-state index in [0.717, 1.165) is 56.2 Å². The zero-order valence-corrected chi connectivity index (χ0v) is 16.1. The first-order chi connectivity index (χ1) is 13.6. The van der Waals surface area contributed by atoms with Crippen molar-refractivity contribution in [2.24, 2.45) is 0 Å². The minimum atomic E-state index is -0.984. The Morgan fingerprint density at radius 3 is 2.68 bits per heavy atom. The highest BCUT2D eigenvalue weighted by Gasteiger charge is 2.21. The van der Waals surface area contributed by atoms with Gasteiger partial charge in [0.1, 0.15) is 5.82 Å². The van der Waals surface area contributed by atoms with Gasteiger partial charge in [0.25, 0.3) is 0 Å². The summed E-state index contributed by atoms with van der Waals surface area (Å²) in [7, 11) is 0. The monoisotopic (exact) mass is 389 g/mol. The van der Waals surface area contributed by atoms with Crippen LogP contribution in [-0.2, 0) is 17.7 Å². The number of carboxylic acids is 1. The Morgan fingerprint density at radius 2 is 1.96 bits per heavy atom. The number of aromatic carboxylic acids is 1. The molecule has 0 unspecified atom stereocenters. The lowest BCUT2D eigenvalue weighted by Crippen LogP contribution is -2.20. The third-order valence-electron chi connectivity index (χ3n) is 5.12. The number of nitrogens with one attached hydrogen (secondary N) is 1. The van der Waals surface area contributed by atoms with E-state index in [2.05, 4.69) is 10.4 Å². The smallest absolute Gasteiger partial charge is 0.356 e. The number of nitrogens with zero attached hydrogens (tertiary/aromatic N) is 2. The van der Waals surface area contributed by atoms with Gasteiger partial charge < -0.3 is 15.2 Å². The Morgan fingerprint density at radius 1 is 1.21 bits per heavy atom. The number of carbonyl (C=O) groups is 1. The quantitative estimate of drug-likeness (QED) is 0.608. The highest BCUT2D eigenvalue weighted by atomic mass is 19.1. The SMILES string of the molecule is O=C(O)c1nn(C2CCOCC2)cc1CNCCCCCc1ccc(F)cc1. The number of aryl methyl sites for hydroxylation is 1. The number of unbranched alkanes of at least 4 members (excludes halogenated alkanes) is 2. The van der Waals surface area contributed by atoms with Crippen molar-refractivity contribution in [1.82, 2.24) is 15.1 Å². The molecule has 0 radical (unpaired) electrons. The molecule has 0 spiro atoms. The number of hydrogen-bond acceptors (Lipinski definition) is 4.